The number of carboxylic acid groups (broad SMARTS) is 1. The van der Waals surface area contributed by atoms with Crippen LogP contribution in [0.5, 0.6) is 11.5 Å². The summed E-state index contributed by atoms with van der Waals surface area (Å²) in [6.07, 6.45) is -3.68. The number of nitrogens with one attached hydrogen (secondary N) is 2. The number of aromatic nitrogens is 1. The summed E-state index contributed by atoms with van der Waals surface area (Å²) in [6, 6.07) is 11.1. The average molecular weight is 488 g/mol. The number of carbonyl (C=O) groups excluding carboxylic acids is 2. The van der Waals surface area contributed by atoms with Gasteiger partial charge in [-0.25, -0.2) is 14.6 Å². The van der Waals surface area contributed by atoms with Crippen LogP contribution in [-0.2, 0) is 23.9 Å². The highest BCUT2D eigenvalue weighted by molar-refractivity contribution is 5.91. The molecule has 5 N–H and O–H groups in total. The summed E-state index contributed by atoms with van der Waals surface area (Å²) in [6.45, 7) is 0.0364. The Morgan fingerprint density at radius 1 is 1.00 bits per heavy atom. The molecule has 3 aromatic rings. The predicted molar refractivity (Wildman–Crippen MR) is 118 cm³/mol. The van der Waals surface area contributed by atoms with E-state index in [1.54, 1.807) is 24.3 Å². The van der Waals surface area contributed by atoms with Gasteiger partial charge in [-0.2, -0.15) is 13.2 Å². The number of hydrogen-bond donors (Lipinski definition) is 4. The third kappa shape index (κ3) is 7.19. The fourth-order valence-electron chi connectivity index (χ4n) is 2.96. The molecule has 35 heavy (non-hydrogen) atoms. The number of ether oxygens (including phenoxy) is 1. The molecule has 0 bridgehead atoms. The molecular formula is C23H19F3N4O5. The second kappa shape index (κ2) is 10.5. The lowest BCUT2D eigenvalue weighted by molar-refractivity contribution is -0.137. The molecule has 2 aromatic carbocycles. The second-order valence-electron chi connectivity index (χ2n) is 7.25. The summed E-state index contributed by atoms with van der Waals surface area (Å²) in [7, 11) is 0. The number of carbonyl (C=O) groups is 3. The largest absolute Gasteiger partial charge is 0.477 e. The number of alkyl halides is 3. The minimum atomic E-state index is -4.63. The van der Waals surface area contributed by atoms with Gasteiger partial charge in [-0.3, -0.25) is 4.79 Å². The van der Waals surface area contributed by atoms with Crippen LogP contribution in [-0.4, -0.2) is 28.0 Å². The Kier molecular flexibility index (Phi) is 7.54. The second-order valence-corrected chi connectivity index (χ2v) is 7.25. The van der Waals surface area contributed by atoms with Gasteiger partial charge in [0.2, 0.25) is 5.91 Å². The first-order valence-corrected chi connectivity index (χ1v) is 10.0. The number of rotatable bonds is 8. The fraction of sp³-hybridized carbons (Fsp3) is 0.130. The predicted octanol–water partition coefficient (Wildman–Crippen LogP) is 3.94. The smallest absolute Gasteiger partial charge is 0.416 e. The summed E-state index contributed by atoms with van der Waals surface area (Å²) in [5, 5.41) is 13.8. The lowest BCUT2D eigenvalue weighted by atomic mass is 10.1. The maximum Gasteiger partial charge on any atom is 0.416 e. The number of anilines is 1. The Hall–Kier alpha value is -4.61. The van der Waals surface area contributed by atoms with E-state index < -0.39 is 29.6 Å². The fourth-order valence-corrected chi connectivity index (χ4v) is 2.96. The molecule has 1 aromatic heterocycles. The minimum absolute atomic E-state index is 0.0364. The zero-order valence-electron chi connectivity index (χ0n) is 17.9. The molecule has 0 aliphatic rings. The Labute approximate surface area is 196 Å². The Balaban J connectivity index is 1.62. The monoisotopic (exact) mass is 488 g/mol. The highest BCUT2D eigenvalue weighted by Gasteiger charge is 2.31. The molecule has 0 saturated carbocycles. The third-order valence-electron chi connectivity index (χ3n) is 4.61. The van der Waals surface area contributed by atoms with E-state index in [4.69, 9.17) is 15.6 Å². The van der Waals surface area contributed by atoms with Crippen molar-refractivity contribution in [2.24, 2.45) is 5.73 Å². The molecule has 0 aliphatic carbocycles. The number of carboxylic acids is 1. The molecule has 9 nitrogen and oxygen atoms in total. The standard InChI is InChI=1S/C23H19F3N4O5/c24-23(25,26)15-4-3-14(9-20(27)31)18(10-15)30-22(34)29-12-13-1-5-16(6-2-13)35-17-7-8-28-19(11-17)21(32)33/h1-8,10-11H,9,12H2,(H2,27,31)(H,32,33)(H2,29,30,34). The topological polar surface area (TPSA) is 144 Å². The maximum atomic E-state index is 13.0. The van der Waals surface area contributed by atoms with E-state index in [1.165, 1.54) is 18.3 Å². The number of nitrogens with two attached hydrogens (primary N) is 1. The van der Waals surface area contributed by atoms with E-state index in [9.17, 15) is 27.6 Å². The zero-order valence-corrected chi connectivity index (χ0v) is 17.9. The van der Waals surface area contributed by atoms with Crippen LogP contribution in [0, 0.1) is 0 Å². The molecular weight excluding hydrogens is 469 g/mol. The number of hydrogen-bond acceptors (Lipinski definition) is 5. The first-order valence-electron chi connectivity index (χ1n) is 10.0. The zero-order chi connectivity index (χ0) is 25.6. The molecule has 1 heterocycles. The molecule has 0 atom stereocenters. The number of nitrogens with zero attached hydrogens (tertiary/aromatic N) is 1. The minimum Gasteiger partial charge on any atom is -0.477 e. The van der Waals surface area contributed by atoms with Crippen molar-refractivity contribution in [2.45, 2.75) is 19.1 Å². The summed E-state index contributed by atoms with van der Waals surface area (Å²) < 4.78 is 44.7. The van der Waals surface area contributed by atoms with Gasteiger partial charge in [-0.1, -0.05) is 18.2 Å². The van der Waals surface area contributed by atoms with E-state index in [0.29, 0.717) is 11.3 Å². The molecule has 0 fully saturated rings. The number of pyridine rings is 1. The summed E-state index contributed by atoms with van der Waals surface area (Å²) in [5.41, 5.74) is 4.59. The molecule has 182 valence electrons. The van der Waals surface area contributed by atoms with E-state index in [0.717, 1.165) is 18.2 Å². The lowest BCUT2D eigenvalue weighted by Gasteiger charge is -2.14. The Morgan fingerprint density at radius 2 is 1.71 bits per heavy atom. The summed E-state index contributed by atoms with van der Waals surface area (Å²) >= 11 is 0. The van der Waals surface area contributed by atoms with Crippen LogP contribution in [0.3, 0.4) is 0 Å². The van der Waals surface area contributed by atoms with Gasteiger partial charge in [0.1, 0.15) is 11.5 Å². The highest BCUT2D eigenvalue weighted by Crippen LogP contribution is 2.32. The number of benzene rings is 2. The SMILES string of the molecule is NC(=O)Cc1ccc(C(F)(F)F)cc1NC(=O)NCc1ccc(Oc2ccnc(C(=O)O)c2)cc1. The maximum absolute atomic E-state index is 13.0. The summed E-state index contributed by atoms with van der Waals surface area (Å²) in [5.74, 6) is -1.28. The normalized spacial score (nSPS) is 10.9. The molecule has 0 saturated heterocycles. The number of primary amides is 1. The molecule has 3 rings (SSSR count). The van der Waals surface area contributed by atoms with Gasteiger partial charge in [-0.05, 0) is 41.5 Å². The van der Waals surface area contributed by atoms with Crippen LogP contribution < -0.4 is 21.1 Å². The third-order valence-corrected chi connectivity index (χ3v) is 4.61. The van der Waals surface area contributed by atoms with Gasteiger partial charge in [0.15, 0.2) is 5.69 Å². The molecule has 0 radical (unpaired) electrons. The molecule has 0 aliphatic heterocycles. The van der Waals surface area contributed by atoms with Crippen molar-refractivity contribution in [3.8, 4) is 11.5 Å². The number of halogens is 3. The van der Waals surface area contributed by atoms with Crippen LogP contribution in [0.15, 0.2) is 60.8 Å². The van der Waals surface area contributed by atoms with Crippen molar-refractivity contribution in [1.82, 2.24) is 10.3 Å². The number of urea groups is 1. The first-order chi connectivity index (χ1) is 16.5. The van der Waals surface area contributed by atoms with Crippen LogP contribution >= 0.6 is 0 Å². The van der Waals surface area contributed by atoms with Crippen molar-refractivity contribution < 1.29 is 37.4 Å². The van der Waals surface area contributed by atoms with Crippen molar-refractivity contribution in [3.63, 3.8) is 0 Å². The number of aromatic carboxylic acids is 1. The quantitative estimate of drug-likeness (QED) is 0.378. The molecule has 0 unspecified atom stereocenters. The Bertz CT molecular complexity index is 1250. The average Bonchev–Trinajstić information content (AvgIpc) is 2.79. The van der Waals surface area contributed by atoms with Crippen molar-refractivity contribution in [1.29, 1.82) is 0 Å². The van der Waals surface area contributed by atoms with E-state index >= 15 is 0 Å². The van der Waals surface area contributed by atoms with Gasteiger partial charge in [-0.15, -0.1) is 0 Å². The van der Waals surface area contributed by atoms with Gasteiger partial charge in [0.05, 0.1) is 12.0 Å². The summed E-state index contributed by atoms with van der Waals surface area (Å²) in [4.78, 5) is 38.2. The van der Waals surface area contributed by atoms with E-state index in [2.05, 4.69) is 15.6 Å². The molecule has 3 amide bonds. The first kappa shape index (κ1) is 25.0. The van der Waals surface area contributed by atoms with Crippen LogP contribution in [0.2, 0.25) is 0 Å². The lowest BCUT2D eigenvalue weighted by Crippen LogP contribution is -2.29. The van der Waals surface area contributed by atoms with Gasteiger partial charge >= 0.3 is 18.2 Å². The van der Waals surface area contributed by atoms with Crippen molar-refractivity contribution in [2.75, 3.05) is 5.32 Å². The highest BCUT2D eigenvalue weighted by atomic mass is 19.4. The van der Waals surface area contributed by atoms with Crippen LogP contribution in [0.25, 0.3) is 0 Å². The van der Waals surface area contributed by atoms with Gasteiger partial charge < -0.3 is 26.2 Å². The van der Waals surface area contributed by atoms with Crippen molar-refractivity contribution >= 4 is 23.6 Å². The van der Waals surface area contributed by atoms with Crippen molar-refractivity contribution in [3.05, 3.63) is 83.2 Å². The van der Waals surface area contributed by atoms with E-state index in [-0.39, 0.29) is 35.7 Å². The molecule has 12 heteroatoms. The van der Waals surface area contributed by atoms with E-state index in [1.807, 2.05) is 0 Å². The molecule has 0 spiro atoms. The van der Waals surface area contributed by atoms with Crippen LogP contribution in [0.4, 0.5) is 23.7 Å². The van der Waals surface area contributed by atoms with Crippen LogP contribution in [0.1, 0.15) is 27.2 Å². The van der Waals surface area contributed by atoms with Gasteiger partial charge in [0, 0.05) is 24.5 Å². The number of amides is 3. The van der Waals surface area contributed by atoms with Gasteiger partial charge in [0.25, 0.3) is 0 Å². The Morgan fingerprint density at radius 3 is 2.34 bits per heavy atom.